The van der Waals surface area contributed by atoms with Crippen molar-refractivity contribution in [2.24, 2.45) is 0 Å². The monoisotopic (exact) mass is 433 g/mol. The second kappa shape index (κ2) is 7.48. The number of urea groups is 1. The lowest BCUT2D eigenvalue weighted by Gasteiger charge is -2.25. The smallest absolute Gasteiger partial charge is 0.324 e. The van der Waals surface area contributed by atoms with Crippen molar-refractivity contribution in [1.29, 1.82) is 0 Å². The van der Waals surface area contributed by atoms with Crippen LogP contribution in [0.1, 0.15) is 18.9 Å². The van der Waals surface area contributed by atoms with E-state index in [1.54, 1.807) is 25.1 Å². The van der Waals surface area contributed by atoms with Gasteiger partial charge >= 0.3 is 6.03 Å². The number of nitrogens with zero attached hydrogens (tertiary/aromatic N) is 1. The molecule has 6 nitrogen and oxygen atoms in total. The normalized spacial score (nSPS) is 19.1. The van der Waals surface area contributed by atoms with Gasteiger partial charge in [-0.3, -0.25) is 14.5 Å². The van der Waals surface area contributed by atoms with E-state index in [0.29, 0.717) is 11.3 Å². The molecule has 140 valence electrons. The highest BCUT2D eigenvalue weighted by Gasteiger charge is 2.51. The molecule has 1 atom stereocenters. The number of carbonyl (C=O) groups is 3. The molecule has 0 spiro atoms. The summed E-state index contributed by atoms with van der Waals surface area (Å²) in [5, 5.41) is 5.31. The van der Waals surface area contributed by atoms with Crippen LogP contribution in [-0.2, 0) is 15.1 Å². The lowest BCUT2D eigenvalue weighted by Crippen LogP contribution is -2.44. The lowest BCUT2D eigenvalue weighted by atomic mass is 9.87. The number of benzene rings is 2. The average molecular weight is 434 g/mol. The Morgan fingerprint density at radius 3 is 2.56 bits per heavy atom. The van der Waals surface area contributed by atoms with Crippen molar-refractivity contribution >= 4 is 39.5 Å². The Morgan fingerprint density at radius 2 is 1.93 bits per heavy atom. The van der Waals surface area contributed by atoms with Crippen LogP contribution in [-0.4, -0.2) is 29.3 Å². The van der Waals surface area contributed by atoms with Gasteiger partial charge in [0.2, 0.25) is 5.91 Å². The first-order valence-electron chi connectivity index (χ1n) is 8.31. The number of anilines is 1. The highest BCUT2D eigenvalue weighted by molar-refractivity contribution is 9.10. The van der Waals surface area contributed by atoms with E-state index in [4.69, 9.17) is 0 Å². The second-order valence-electron chi connectivity index (χ2n) is 6.15. The summed E-state index contributed by atoms with van der Waals surface area (Å²) in [7, 11) is 0. The molecule has 0 aromatic heterocycles. The zero-order chi connectivity index (χ0) is 19.6. The number of rotatable bonds is 5. The van der Waals surface area contributed by atoms with E-state index in [9.17, 15) is 18.8 Å². The third-order valence-electron chi connectivity index (χ3n) is 4.45. The summed E-state index contributed by atoms with van der Waals surface area (Å²) in [5.41, 5.74) is -0.290. The first-order chi connectivity index (χ1) is 12.9. The van der Waals surface area contributed by atoms with E-state index in [0.717, 1.165) is 9.37 Å². The highest BCUT2D eigenvalue weighted by atomic mass is 79.9. The van der Waals surface area contributed by atoms with Gasteiger partial charge in [0, 0.05) is 10.2 Å². The summed E-state index contributed by atoms with van der Waals surface area (Å²) in [6.07, 6.45) is 0.271. The summed E-state index contributed by atoms with van der Waals surface area (Å²) in [4.78, 5) is 38.5. The summed E-state index contributed by atoms with van der Waals surface area (Å²) >= 11 is 3.31. The van der Waals surface area contributed by atoms with E-state index >= 15 is 0 Å². The van der Waals surface area contributed by atoms with Crippen molar-refractivity contribution in [3.63, 3.8) is 0 Å². The molecule has 0 saturated carbocycles. The van der Waals surface area contributed by atoms with E-state index in [1.807, 2.05) is 6.07 Å². The van der Waals surface area contributed by atoms with E-state index in [2.05, 4.69) is 26.6 Å². The first kappa shape index (κ1) is 19.0. The van der Waals surface area contributed by atoms with Crippen molar-refractivity contribution in [3.05, 3.63) is 64.4 Å². The molecule has 1 heterocycles. The molecule has 1 fully saturated rings. The number of halogens is 2. The molecule has 1 unspecified atom stereocenters. The molecule has 27 heavy (non-hydrogen) atoms. The van der Waals surface area contributed by atoms with Crippen LogP contribution >= 0.6 is 15.9 Å². The van der Waals surface area contributed by atoms with Crippen molar-refractivity contribution in [1.82, 2.24) is 10.2 Å². The number of carbonyl (C=O) groups excluding carboxylic acids is 3. The zero-order valence-electron chi connectivity index (χ0n) is 14.5. The fourth-order valence-electron chi connectivity index (χ4n) is 3.05. The van der Waals surface area contributed by atoms with Gasteiger partial charge in [0.05, 0.1) is 0 Å². The van der Waals surface area contributed by atoms with Gasteiger partial charge in [-0.05, 0) is 42.3 Å². The molecule has 1 aliphatic heterocycles. The molecule has 1 saturated heterocycles. The Kier molecular flexibility index (Phi) is 5.27. The Hall–Kier alpha value is -2.74. The molecule has 2 aromatic carbocycles. The third kappa shape index (κ3) is 3.71. The van der Waals surface area contributed by atoms with Gasteiger partial charge in [0.25, 0.3) is 5.91 Å². The maximum Gasteiger partial charge on any atom is 0.325 e. The Morgan fingerprint density at radius 1 is 1.22 bits per heavy atom. The maximum atomic E-state index is 13.2. The van der Waals surface area contributed by atoms with E-state index in [-0.39, 0.29) is 6.42 Å². The van der Waals surface area contributed by atoms with Crippen molar-refractivity contribution < 1.29 is 18.8 Å². The highest BCUT2D eigenvalue weighted by Crippen LogP contribution is 2.32. The SMILES string of the molecule is CCC1(c2ccc(F)cc2)NC(=O)N(CC(=O)Nc2cccc(Br)c2)C1=O. The molecule has 0 radical (unpaired) electrons. The number of hydrogen-bond acceptors (Lipinski definition) is 3. The average Bonchev–Trinajstić information content (AvgIpc) is 2.87. The van der Waals surface area contributed by atoms with Crippen LogP contribution in [0.15, 0.2) is 53.0 Å². The Bertz CT molecular complexity index is 903. The minimum absolute atomic E-state index is 0.271. The number of amides is 4. The minimum Gasteiger partial charge on any atom is -0.324 e. The van der Waals surface area contributed by atoms with Gasteiger partial charge in [-0.2, -0.15) is 0 Å². The Balaban J connectivity index is 1.78. The van der Waals surface area contributed by atoms with Crippen LogP contribution in [0, 0.1) is 5.82 Å². The lowest BCUT2D eigenvalue weighted by molar-refractivity contribution is -0.134. The molecule has 0 bridgehead atoms. The number of imide groups is 1. The van der Waals surface area contributed by atoms with Crippen LogP contribution in [0.4, 0.5) is 14.9 Å². The van der Waals surface area contributed by atoms with Gasteiger partial charge in [-0.25, -0.2) is 9.18 Å². The van der Waals surface area contributed by atoms with Crippen molar-refractivity contribution in [2.45, 2.75) is 18.9 Å². The minimum atomic E-state index is -1.30. The molecule has 2 aromatic rings. The predicted octanol–water partition coefficient (Wildman–Crippen LogP) is 3.38. The quantitative estimate of drug-likeness (QED) is 0.709. The van der Waals surface area contributed by atoms with Crippen molar-refractivity contribution in [2.75, 3.05) is 11.9 Å². The van der Waals surface area contributed by atoms with Crippen LogP contribution in [0.3, 0.4) is 0 Å². The summed E-state index contributed by atoms with van der Waals surface area (Å²) < 4.78 is 14.0. The van der Waals surface area contributed by atoms with Gasteiger partial charge in [0.1, 0.15) is 17.9 Å². The molecule has 2 N–H and O–H groups in total. The third-order valence-corrected chi connectivity index (χ3v) is 4.95. The van der Waals surface area contributed by atoms with Crippen LogP contribution < -0.4 is 10.6 Å². The fraction of sp³-hybridized carbons (Fsp3) is 0.211. The van der Waals surface area contributed by atoms with E-state index in [1.165, 1.54) is 24.3 Å². The first-order valence-corrected chi connectivity index (χ1v) is 9.10. The van der Waals surface area contributed by atoms with Gasteiger partial charge in [0.15, 0.2) is 0 Å². The topological polar surface area (TPSA) is 78.5 Å². The molecular formula is C19H17BrFN3O3. The van der Waals surface area contributed by atoms with E-state index < -0.39 is 35.7 Å². The molecule has 8 heteroatoms. The van der Waals surface area contributed by atoms with Crippen molar-refractivity contribution in [3.8, 4) is 0 Å². The maximum absolute atomic E-state index is 13.2. The molecule has 4 amide bonds. The van der Waals surface area contributed by atoms with Gasteiger partial charge in [-0.15, -0.1) is 0 Å². The van der Waals surface area contributed by atoms with Gasteiger partial charge in [-0.1, -0.05) is 41.1 Å². The standard InChI is InChI=1S/C19H17BrFN3O3/c1-2-19(12-6-8-14(21)9-7-12)17(26)24(18(27)23-19)11-16(25)22-15-5-3-4-13(20)10-15/h3-10H,2,11H2,1H3,(H,22,25)(H,23,27). The van der Waals surface area contributed by atoms with Crippen LogP contribution in [0.2, 0.25) is 0 Å². The molecule has 0 aliphatic carbocycles. The predicted molar refractivity (Wildman–Crippen MR) is 101 cm³/mol. The number of nitrogens with one attached hydrogen (secondary N) is 2. The van der Waals surface area contributed by atoms with Gasteiger partial charge < -0.3 is 10.6 Å². The largest absolute Gasteiger partial charge is 0.325 e. The van der Waals surface area contributed by atoms with Crippen LogP contribution in [0.25, 0.3) is 0 Å². The molecular weight excluding hydrogens is 417 g/mol. The summed E-state index contributed by atoms with van der Waals surface area (Å²) in [6, 6.07) is 11.7. The summed E-state index contributed by atoms with van der Waals surface area (Å²) in [6.45, 7) is 1.33. The summed E-state index contributed by atoms with van der Waals surface area (Å²) in [5.74, 6) is -1.47. The van der Waals surface area contributed by atoms with Crippen LogP contribution in [0.5, 0.6) is 0 Å². The fourth-order valence-corrected chi connectivity index (χ4v) is 3.45. The zero-order valence-corrected chi connectivity index (χ0v) is 16.0. The molecule has 1 aliphatic rings. The Labute approximate surface area is 163 Å². The number of hydrogen-bond donors (Lipinski definition) is 2. The molecule has 3 rings (SSSR count). The second-order valence-corrected chi connectivity index (χ2v) is 7.06.